The lowest BCUT2D eigenvalue weighted by Crippen LogP contribution is -2.52. The standard InChI is InChI=1S/C13H24N2O4/c1-3-5-10(8-11(16)17)15-12(18)14-9-13(19-2)6-4-7-13/h10H,3-9H2,1-2H3,(H,16,17)(H2,14,15,18). The van der Waals surface area contributed by atoms with Gasteiger partial charge < -0.3 is 20.5 Å². The molecule has 0 aliphatic heterocycles. The molecule has 0 aromatic heterocycles. The highest BCUT2D eigenvalue weighted by atomic mass is 16.5. The second kappa shape index (κ2) is 7.33. The van der Waals surface area contributed by atoms with E-state index in [0.717, 1.165) is 25.7 Å². The Bertz CT molecular complexity index is 310. The normalized spacial score (nSPS) is 18.2. The summed E-state index contributed by atoms with van der Waals surface area (Å²) in [6, 6.07) is -0.634. The van der Waals surface area contributed by atoms with Crippen LogP contribution in [0, 0.1) is 0 Å². The van der Waals surface area contributed by atoms with Crippen molar-refractivity contribution < 1.29 is 19.4 Å². The third-order valence-corrected chi connectivity index (χ3v) is 3.66. The molecule has 0 spiro atoms. The van der Waals surface area contributed by atoms with Crippen LogP contribution < -0.4 is 10.6 Å². The van der Waals surface area contributed by atoms with Crippen molar-refractivity contribution in [3.05, 3.63) is 0 Å². The van der Waals surface area contributed by atoms with Crippen molar-refractivity contribution in [3.63, 3.8) is 0 Å². The number of rotatable bonds is 8. The number of nitrogens with one attached hydrogen (secondary N) is 2. The van der Waals surface area contributed by atoms with E-state index in [2.05, 4.69) is 10.6 Å². The molecular weight excluding hydrogens is 248 g/mol. The molecule has 1 saturated carbocycles. The monoisotopic (exact) mass is 272 g/mol. The van der Waals surface area contributed by atoms with E-state index in [0.29, 0.717) is 13.0 Å². The summed E-state index contributed by atoms with van der Waals surface area (Å²) in [7, 11) is 1.66. The summed E-state index contributed by atoms with van der Waals surface area (Å²) in [4.78, 5) is 22.4. The van der Waals surface area contributed by atoms with Gasteiger partial charge in [-0.25, -0.2) is 4.79 Å². The maximum Gasteiger partial charge on any atom is 0.315 e. The average Bonchev–Trinajstić information content (AvgIpc) is 2.27. The number of hydrogen-bond acceptors (Lipinski definition) is 3. The number of carboxylic acids is 1. The highest BCUT2D eigenvalue weighted by molar-refractivity contribution is 5.75. The van der Waals surface area contributed by atoms with Crippen molar-refractivity contribution in [3.8, 4) is 0 Å². The van der Waals surface area contributed by atoms with Crippen LogP contribution in [0.25, 0.3) is 0 Å². The number of urea groups is 1. The SMILES string of the molecule is CCCC(CC(=O)O)NC(=O)NCC1(OC)CCC1. The first-order valence-corrected chi connectivity index (χ1v) is 6.82. The van der Waals surface area contributed by atoms with Crippen LogP contribution in [0.1, 0.15) is 45.4 Å². The first-order chi connectivity index (χ1) is 9.01. The van der Waals surface area contributed by atoms with Gasteiger partial charge in [-0.15, -0.1) is 0 Å². The average molecular weight is 272 g/mol. The smallest absolute Gasteiger partial charge is 0.315 e. The minimum absolute atomic E-state index is 0.0450. The fraction of sp³-hybridized carbons (Fsp3) is 0.846. The largest absolute Gasteiger partial charge is 0.481 e. The number of methoxy groups -OCH3 is 1. The molecule has 0 bridgehead atoms. The van der Waals surface area contributed by atoms with Crippen molar-refractivity contribution in [2.24, 2.45) is 0 Å². The molecule has 3 N–H and O–H groups in total. The lowest BCUT2D eigenvalue weighted by molar-refractivity contribution is -0.137. The van der Waals surface area contributed by atoms with Gasteiger partial charge in [0.1, 0.15) is 0 Å². The first kappa shape index (κ1) is 15.8. The zero-order valence-corrected chi connectivity index (χ0v) is 11.7. The Balaban J connectivity index is 2.33. The summed E-state index contributed by atoms with van der Waals surface area (Å²) in [6.07, 6.45) is 4.48. The van der Waals surface area contributed by atoms with E-state index in [1.807, 2.05) is 6.92 Å². The van der Waals surface area contributed by atoms with Crippen LogP contribution in [0.4, 0.5) is 4.79 Å². The molecule has 0 aromatic rings. The molecule has 110 valence electrons. The van der Waals surface area contributed by atoms with Gasteiger partial charge in [0.05, 0.1) is 12.0 Å². The van der Waals surface area contributed by atoms with Crippen molar-refractivity contribution in [1.29, 1.82) is 0 Å². The Labute approximate surface area is 113 Å². The van der Waals surface area contributed by atoms with E-state index in [1.165, 1.54) is 0 Å². The van der Waals surface area contributed by atoms with E-state index < -0.39 is 5.97 Å². The Morgan fingerprint density at radius 3 is 2.53 bits per heavy atom. The molecule has 1 rings (SSSR count). The molecule has 1 aliphatic carbocycles. The molecule has 1 fully saturated rings. The zero-order valence-electron chi connectivity index (χ0n) is 11.7. The molecular formula is C13H24N2O4. The summed E-state index contributed by atoms with van der Waals surface area (Å²) in [5, 5.41) is 14.3. The lowest BCUT2D eigenvalue weighted by atomic mass is 9.80. The molecule has 0 radical (unpaired) electrons. The van der Waals surface area contributed by atoms with Crippen molar-refractivity contribution >= 4 is 12.0 Å². The minimum Gasteiger partial charge on any atom is -0.481 e. The Hall–Kier alpha value is -1.30. The third kappa shape index (κ3) is 5.06. The van der Waals surface area contributed by atoms with Gasteiger partial charge in [0.15, 0.2) is 0 Å². The van der Waals surface area contributed by atoms with Gasteiger partial charge in [-0.05, 0) is 25.7 Å². The van der Waals surface area contributed by atoms with Crippen LogP contribution in [-0.4, -0.2) is 42.4 Å². The molecule has 0 saturated heterocycles. The van der Waals surface area contributed by atoms with Gasteiger partial charge >= 0.3 is 12.0 Å². The van der Waals surface area contributed by atoms with Crippen LogP contribution in [0.2, 0.25) is 0 Å². The van der Waals surface area contributed by atoms with Crippen molar-refractivity contribution in [2.75, 3.05) is 13.7 Å². The summed E-state index contributed by atoms with van der Waals surface area (Å²) in [6.45, 7) is 2.43. The highest BCUT2D eigenvalue weighted by Gasteiger charge is 2.37. The fourth-order valence-electron chi connectivity index (χ4n) is 2.29. The molecule has 1 atom stereocenters. The molecule has 2 amide bonds. The van der Waals surface area contributed by atoms with Gasteiger partial charge in [0.2, 0.25) is 0 Å². The second-order valence-corrected chi connectivity index (χ2v) is 5.15. The van der Waals surface area contributed by atoms with E-state index in [4.69, 9.17) is 9.84 Å². The topological polar surface area (TPSA) is 87.7 Å². The highest BCUT2D eigenvalue weighted by Crippen LogP contribution is 2.34. The molecule has 1 unspecified atom stereocenters. The van der Waals surface area contributed by atoms with Gasteiger partial charge in [-0.3, -0.25) is 4.79 Å². The predicted octanol–water partition coefficient (Wildman–Crippen LogP) is 1.50. The Morgan fingerprint density at radius 2 is 2.11 bits per heavy atom. The number of carbonyl (C=O) groups excluding carboxylic acids is 1. The Morgan fingerprint density at radius 1 is 1.42 bits per heavy atom. The maximum atomic E-state index is 11.7. The maximum absolute atomic E-state index is 11.7. The Kier molecular flexibility index (Phi) is 6.08. The van der Waals surface area contributed by atoms with E-state index in [9.17, 15) is 9.59 Å². The first-order valence-electron chi connectivity index (χ1n) is 6.82. The van der Waals surface area contributed by atoms with Crippen LogP contribution in [-0.2, 0) is 9.53 Å². The fourth-order valence-corrected chi connectivity index (χ4v) is 2.29. The van der Waals surface area contributed by atoms with Crippen LogP contribution in [0.5, 0.6) is 0 Å². The molecule has 0 heterocycles. The number of carboxylic acid groups (broad SMARTS) is 1. The van der Waals surface area contributed by atoms with Crippen LogP contribution in [0.15, 0.2) is 0 Å². The van der Waals surface area contributed by atoms with Crippen molar-refractivity contribution in [2.45, 2.75) is 57.1 Å². The number of hydrogen-bond donors (Lipinski definition) is 3. The van der Waals surface area contributed by atoms with Crippen LogP contribution >= 0.6 is 0 Å². The summed E-state index contributed by atoms with van der Waals surface area (Å²) in [5.41, 5.74) is -0.218. The molecule has 0 aromatic carbocycles. The van der Waals surface area contributed by atoms with E-state index in [1.54, 1.807) is 7.11 Å². The summed E-state index contributed by atoms with van der Waals surface area (Å²) < 4.78 is 5.40. The third-order valence-electron chi connectivity index (χ3n) is 3.66. The molecule has 6 nitrogen and oxygen atoms in total. The number of carbonyl (C=O) groups is 2. The van der Waals surface area contributed by atoms with E-state index in [-0.39, 0.29) is 24.1 Å². The number of amides is 2. The molecule has 1 aliphatic rings. The number of ether oxygens (including phenoxy) is 1. The quantitative estimate of drug-likeness (QED) is 0.625. The van der Waals surface area contributed by atoms with Crippen molar-refractivity contribution in [1.82, 2.24) is 10.6 Å². The summed E-state index contributed by atoms with van der Waals surface area (Å²) in [5.74, 6) is -0.897. The summed E-state index contributed by atoms with van der Waals surface area (Å²) >= 11 is 0. The molecule has 6 heteroatoms. The van der Waals surface area contributed by atoms with E-state index >= 15 is 0 Å². The predicted molar refractivity (Wildman–Crippen MR) is 71.1 cm³/mol. The zero-order chi connectivity index (χ0) is 14.3. The van der Waals surface area contributed by atoms with Crippen LogP contribution in [0.3, 0.4) is 0 Å². The number of aliphatic carboxylic acids is 1. The second-order valence-electron chi connectivity index (χ2n) is 5.15. The van der Waals surface area contributed by atoms with Gasteiger partial charge in [-0.1, -0.05) is 13.3 Å². The molecule has 19 heavy (non-hydrogen) atoms. The van der Waals surface area contributed by atoms with Gasteiger partial charge in [-0.2, -0.15) is 0 Å². The lowest BCUT2D eigenvalue weighted by Gasteiger charge is -2.40. The van der Waals surface area contributed by atoms with Gasteiger partial charge in [0.25, 0.3) is 0 Å². The minimum atomic E-state index is -0.897. The van der Waals surface area contributed by atoms with Gasteiger partial charge in [0, 0.05) is 19.7 Å².